The molecule has 28 heavy (non-hydrogen) atoms. The second-order valence-corrected chi connectivity index (χ2v) is 8.52. The Morgan fingerprint density at radius 2 is 2.00 bits per heavy atom. The van der Waals surface area contributed by atoms with Gasteiger partial charge in [0.25, 0.3) is 0 Å². The summed E-state index contributed by atoms with van der Waals surface area (Å²) < 4.78 is 1.95. The van der Waals surface area contributed by atoms with E-state index in [0.717, 1.165) is 35.7 Å². The monoisotopic (exact) mass is 398 g/mol. The molecule has 0 aliphatic heterocycles. The first-order valence-corrected chi connectivity index (χ1v) is 9.62. The van der Waals surface area contributed by atoms with Gasteiger partial charge in [-0.25, -0.2) is 15.0 Å². The molecule has 2 aromatic heterocycles. The van der Waals surface area contributed by atoms with E-state index in [1.54, 1.807) is 6.20 Å². The van der Waals surface area contributed by atoms with Gasteiger partial charge in [-0.2, -0.15) is 0 Å². The molecule has 0 unspecified atom stereocenters. The van der Waals surface area contributed by atoms with E-state index in [9.17, 15) is 0 Å². The highest BCUT2D eigenvalue weighted by molar-refractivity contribution is 6.30. The van der Waals surface area contributed by atoms with Crippen molar-refractivity contribution in [1.29, 1.82) is 0 Å². The summed E-state index contributed by atoms with van der Waals surface area (Å²) in [4.78, 5) is 16.0. The van der Waals surface area contributed by atoms with Gasteiger partial charge in [0.1, 0.15) is 5.69 Å². The summed E-state index contributed by atoms with van der Waals surface area (Å²) in [6.07, 6.45) is 5.52. The number of hydrogen-bond donors (Lipinski definition) is 1. The second-order valence-electron chi connectivity index (χ2n) is 8.08. The molecule has 0 atom stereocenters. The van der Waals surface area contributed by atoms with Crippen LogP contribution < -0.4 is 5.32 Å². The molecule has 2 heterocycles. The quantitative estimate of drug-likeness (QED) is 0.646. The lowest BCUT2D eigenvalue weighted by atomic mass is 9.93. The fraction of sp³-hybridized carbons (Fsp3) is 0.381. The smallest absolute Gasteiger partial charge is 0.223 e. The molecular formula is C21H27ClN6. The average Bonchev–Trinajstić information content (AvgIpc) is 3.04. The van der Waals surface area contributed by atoms with Crippen molar-refractivity contribution in [2.75, 3.05) is 32.5 Å². The predicted molar refractivity (Wildman–Crippen MR) is 116 cm³/mol. The zero-order chi connectivity index (χ0) is 20.3. The first-order chi connectivity index (χ1) is 13.2. The lowest BCUT2D eigenvalue weighted by Gasteiger charge is -2.28. The van der Waals surface area contributed by atoms with Crippen LogP contribution in [0.3, 0.4) is 0 Å². The predicted octanol–water partition coefficient (Wildman–Crippen LogP) is 4.20. The molecule has 0 saturated heterocycles. The third-order valence-electron chi connectivity index (χ3n) is 4.43. The number of nitrogens with zero attached hydrogens (tertiary/aromatic N) is 5. The van der Waals surface area contributed by atoms with Gasteiger partial charge in [0.2, 0.25) is 5.95 Å². The SMILES string of the molecule is CN(C)CC(C)(C)CNc1ncc(-c2cccc(Cl)c2)c(-c2nccn2C)n1. The molecule has 3 rings (SSSR count). The van der Waals surface area contributed by atoms with Crippen LogP contribution in [0.25, 0.3) is 22.6 Å². The molecule has 7 heteroatoms. The van der Waals surface area contributed by atoms with Crippen LogP contribution in [-0.2, 0) is 7.05 Å². The topological polar surface area (TPSA) is 58.9 Å². The number of hydrogen-bond acceptors (Lipinski definition) is 5. The molecule has 148 valence electrons. The van der Waals surface area contributed by atoms with Gasteiger partial charge >= 0.3 is 0 Å². The van der Waals surface area contributed by atoms with Gasteiger partial charge in [-0.1, -0.05) is 37.6 Å². The van der Waals surface area contributed by atoms with Crippen LogP contribution in [-0.4, -0.2) is 51.6 Å². The zero-order valence-corrected chi connectivity index (χ0v) is 17.8. The van der Waals surface area contributed by atoms with Gasteiger partial charge in [0, 0.05) is 49.3 Å². The average molecular weight is 399 g/mol. The summed E-state index contributed by atoms with van der Waals surface area (Å²) in [7, 11) is 6.12. The molecule has 0 bridgehead atoms. The maximum absolute atomic E-state index is 6.20. The van der Waals surface area contributed by atoms with E-state index in [4.69, 9.17) is 16.6 Å². The highest BCUT2D eigenvalue weighted by atomic mass is 35.5. The molecule has 0 radical (unpaired) electrons. The summed E-state index contributed by atoms with van der Waals surface area (Å²) in [5.41, 5.74) is 2.72. The van der Waals surface area contributed by atoms with Crippen LogP contribution in [0.5, 0.6) is 0 Å². The Hall–Kier alpha value is -2.44. The Balaban J connectivity index is 1.96. The highest BCUT2D eigenvalue weighted by Gasteiger charge is 2.20. The first kappa shape index (κ1) is 20.3. The molecule has 0 aliphatic rings. The van der Waals surface area contributed by atoms with Crippen LogP contribution in [0.2, 0.25) is 5.02 Å². The minimum Gasteiger partial charge on any atom is -0.354 e. The number of imidazole rings is 1. The Bertz CT molecular complexity index is 948. The maximum atomic E-state index is 6.20. The normalized spacial score (nSPS) is 11.8. The van der Waals surface area contributed by atoms with E-state index in [-0.39, 0.29) is 5.41 Å². The Labute approximate surface area is 171 Å². The zero-order valence-electron chi connectivity index (χ0n) is 17.1. The van der Waals surface area contributed by atoms with Crippen molar-refractivity contribution in [2.45, 2.75) is 13.8 Å². The van der Waals surface area contributed by atoms with Gasteiger partial charge in [-0.05, 0) is 37.2 Å². The van der Waals surface area contributed by atoms with Crippen molar-refractivity contribution in [3.63, 3.8) is 0 Å². The van der Waals surface area contributed by atoms with Crippen molar-refractivity contribution >= 4 is 17.5 Å². The summed E-state index contributed by atoms with van der Waals surface area (Å²) in [6, 6.07) is 7.70. The van der Waals surface area contributed by atoms with E-state index in [0.29, 0.717) is 11.0 Å². The largest absolute Gasteiger partial charge is 0.354 e. The van der Waals surface area contributed by atoms with E-state index < -0.39 is 0 Å². The number of benzene rings is 1. The molecule has 0 amide bonds. The minimum absolute atomic E-state index is 0.0852. The number of rotatable bonds is 7. The number of nitrogens with one attached hydrogen (secondary N) is 1. The first-order valence-electron chi connectivity index (χ1n) is 9.24. The molecule has 0 aliphatic carbocycles. The third kappa shape index (κ3) is 4.88. The molecule has 0 spiro atoms. The number of anilines is 1. The van der Waals surface area contributed by atoms with E-state index in [1.807, 2.05) is 48.3 Å². The van der Waals surface area contributed by atoms with Gasteiger partial charge in [0.05, 0.1) is 0 Å². The number of aryl methyl sites for hydroxylation is 1. The van der Waals surface area contributed by atoms with Gasteiger partial charge in [0.15, 0.2) is 5.82 Å². The van der Waals surface area contributed by atoms with Crippen LogP contribution in [0, 0.1) is 5.41 Å². The molecule has 1 aromatic carbocycles. The van der Waals surface area contributed by atoms with E-state index in [1.165, 1.54) is 0 Å². The molecule has 0 fully saturated rings. The van der Waals surface area contributed by atoms with Crippen molar-refractivity contribution < 1.29 is 0 Å². The van der Waals surface area contributed by atoms with Crippen LogP contribution in [0.15, 0.2) is 42.9 Å². The Morgan fingerprint density at radius 1 is 1.21 bits per heavy atom. The van der Waals surface area contributed by atoms with E-state index >= 15 is 0 Å². The van der Waals surface area contributed by atoms with Gasteiger partial charge in [-0.15, -0.1) is 0 Å². The van der Waals surface area contributed by atoms with E-state index in [2.05, 4.69) is 48.1 Å². The molecule has 6 nitrogen and oxygen atoms in total. The molecule has 3 aromatic rings. The molecule has 1 N–H and O–H groups in total. The number of aromatic nitrogens is 4. The highest BCUT2D eigenvalue weighted by Crippen LogP contribution is 2.31. The third-order valence-corrected chi connectivity index (χ3v) is 4.66. The lowest BCUT2D eigenvalue weighted by molar-refractivity contribution is 0.254. The van der Waals surface area contributed by atoms with Crippen molar-refractivity contribution in [1.82, 2.24) is 24.4 Å². The van der Waals surface area contributed by atoms with Gasteiger partial charge < -0.3 is 14.8 Å². The van der Waals surface area contributed by atoms with Crippen molar-refractivity contribution in [2.24, 2.45) is 12.5 Å². The van der Waals surface area contributed by atoms with Crippen molar-refractivity contribution in [3.05, 3.63) is 47.9 Å². The summed E-state index contributed by atoms with van der Waals surface area (Å²) in [6.45, 7) is 6.18. The second kappa shape index (κ2) is 8.29. The van der Waals surface area contributed by atoms with Crippen LogP contribution in [0.1, 0.15) is 13.8 Å². The molecular weight excluding hydrogens is 372 g/mol. The Kier molecular flexibility index (Phi) is 6.01. The lowest BCUT2D eigenvalue weighted by Crippen LogP contribution is -2.34. The summed E-state index contributed by atoms with van der Waals surface area (Å²) >= 11 is 6.20. The minimum atomic E-state index is 0.0852. The maximum Gasteiger partial charge on any atom is 0.223 e. The Morgan fingerprint density at radius 3 is 2.64 bits per heavy atom. The van der Waals surface area contributed by atoms with Gasteiger partial charge in [-0.3, -0.25) is 0 Å². The standard InChI is InChI=1S/C21H27ClN6/c1-21(2,14-27(3)4)13-25-20-24-12-17(15-7-6-8-16(22)11-15)18(26-20)19-23-9-10-28(19)5/h6-12H,13-14H2,1-5H3,(H,24,25,26). The fourth-order valence-electron chi connectivity index (χ4n) is 3.33. The summed E-state index contributed by atoms with van der Waals surface area (Å²) in [5, 5.41) is 4.07. The molecule has 0 saturated carbocycles. The van der Waals surface area contributed by atoms with Crippen LogP contribution in [0.4, 0.5) is 5.95 Å². The van der Waals surface area contributed by atoms with Crippen LogP contribution >= 0.6 is 11.6 Å². The summed E-state index contributed by atoms with van der Waals surface area (Å²) in [5.74, 6) is 1.38. The number of halogens is 1. The fourth-order valence-corrected chi connectivity index (χ4v) is 3.52. The van der Waals surface area contributed by atoms with Crippen molar-refractivity contribution in [3.8, 4) is 22.6 Å².